The summed E-state index contributed by atoms with van der Waals surface area (Å²) in [6.07, 6.45) is 0. The number of rotatable bonds is 3. The van der Waals surface area contributed by atoms with Crippen LogP contribution in [-0.2, 0) is 4.79 Å². The largest absolute Gasteiger partial charge is 0.479 e. The van der Waals surface area contributed by atoms with E-state index in [4.69, 9.17) is 5.11 Å². The van der Waals surface area contributed by atoms with Crippen LogP contribution in [0.1, 0.15) is 20.8 Å². The van der Waals surface area contributed by atoms with Gasteiger partial charge in [-0.2, -0.15) is 11.8 Å². The molecular formula is C10H19NO3S. The molecule has 1 aliphatic heterocycles. The highest BCUT2D eigenvalue weighted by Crippen LogP contribution is 2.30. The van der Waals surface area contributed by atoms with Gasteiger partial charge in [0.05, 0.1) is 0 Å². The average molecular weight is 233 g/mol. The van der Waals surface area contributed by atoms with Gasteiger partial charge < -0.3 is 10.2 Å². The number of thioether (sulfide) groups is 1. The predicted octanol–water partition coefficient (Wildman–Crippen LogP) is 0.649. The minimum atomic E-state index is -1.64. The number of aliphatic hydroxyl groups is 1. The molecule has 0 aromatic rings. The molecule has 0 aromatic carbocycles. The minimum Gasteiger partial charge on any atom is -0.479 e. The molecule has 1 heterocycles. The van der Waals surface area contributed by atoms with E-state index >= 15 is 0 Å². The highest BCUT2D eigenvalue weighted by atomic mass is 32.2. The van der Waals surface area contributed by atoms with Crippen LogP contribution in [-0.4, -0.2) is 56.8 Å². The van der Waals surface area contributed by atoms with Gasteiger partial charge in [0.25, 0.3) is 0 Å². The van der Waals surface area contributed by atoms with Gasteiger partial charge in [-0.25, -0.2) is 4.79 Å². The van der Waals surface area contributed by atoms with E-state index < -0.39 is 11.6 Å². The van der Waals surface area contributed by atoms with Crippen LogP contribution in [0, 0.1) is 0 Å². The summed E-state index contributed by atoms with van der Waals surface area (Å²) >= 11 is 1.89. The summed E-state index contributed by atoms with van der Waals surface area (Å²) in [6.45, 7) is 7.49. The number of carboxylic acids is 1. The second kappa shape index (κ2) is 4.31. The van der Waals surface area contributed by atoms with Crippen LogP contribution in [0.5, 0.6) is 0 Å². The molecule has 88 valence electrons. The molecule has 0 saturated carbocycles. The smallest absolute Gasteiger partial charge is 0.336 e. The molecule has 5 heteroatoms. The van der Waals surface area contributed by atoms with E-state index in [-0.39, 0.29) is 11.3 Å². The molecule has 4 nitrogen and oxygen atoms in total. The Bertz CT molecular complexity index is 253. The third kappa shape index (κ3) is 3.66. The SMILES string of the molecule is CC1(C)CN(CC(C)(O)C(=O)O)CCS1. The van der Waals surface area contributed by atoms with Crippen LogP contribution in [0.4, 0.5) is 0 Å². The van der Waals surface area contributed by atoms with Crippen molar-refractivity contribution < 1.29 is 15.0 Å². The molecule has 0 aliphatic carbocycles. The molecule has 15 heavy (non-hydrogen) atoms. The second-order valence-corrected chi connectivity index (χ2v) is 6.70. The monoisotopic (exact) mass is 233 g/mol. The summed E-state index contributed by atoms with van der Waals surface area (Å²) in [5, 5.41) is 18.5. The normalized spacial score (nSPS) is 25.9. The van der Waals surface area contributed by atoms with Crippen LogP contribution in [0.15, 0.2) is 0 Å². The van der Waals surface area contributed by atoms with E-state index in [9.17, 15) is 9.90 Å². The summed E-state index contributed by atoms with van der Waals surface area (Å²) in [6, 6.07) is 0. The van der Waals surface area contributed by atoms with E-state index in [1.807, 2.05) is 16.7 Å². The molecule has 1 rings (SSSR count). The van der Waals surface area contributed by atoms with E-state index in [1.165, 1.54) is 6.92 Å². The number of β-amino-alcohol motifs (C(OH)–C–C–N with tert-alkyl or cyclic N) is 1. The second-order valence-electron chi connectivity index (χ2n) is 4.90. The Labute approximate surface area is 94.7 Å². The molecule has 0 spiro atoms. The van der Waals surface area contributed by atoms with Crippen LogP contribution in [0.3, 0.4) is 0 Å². The number of hydrogen-bond acceptors (Lipinski definition) is 4. The molecule has 1 fully saturated rings. The van der Waals surface area contributed by atoms with Gasteiger partial charge in [-0.1, -0.05) is 0 Å². The molecule has 2 N–H and O–H groups in total. The lowest BCUT2D eigenvalue weighted by Gasteiger charge is -2.39. The van der Waals surface area contributed by atoms with Crippen LogP contribution in [0.25, 0.3) is 0 Å². The predicted molar refractivity (Wildman–Crippen MR) is 61.2 cm³/mol. The maximum Gasteiger partial charge on any atom is 0.336 e. The fourth-order valence-corrected chi connectivity index (χ4v) is 2.93. The van der Waals surface area contributed by atoms with E-state index in [0.717, 1.165) is 18.8 Å². The number of carboxylic acid groups (broad SMARTS) is 1. The zero-order valence-electron chi connectivity index (χ0n) is 9.49. The third-order valence-corrected chi connectivity index (χ3v) is 3.79. The highest BCUT2D eigenvalue weighted by Gasteiger charge is 2.35. The fourth-order valence-electron chi connectivity index (χ4n) is 1.75. The molecule has 1 atom stereocenters. The first-order valence-electron chi connectivity index (χ1n) is 5.05. The molecule has 0 bridgehead atoms. The lowest BCUT2D eigenvalue weighted by atomic mass is 10.1. The lowest BCUT2D eigenvalue weighted by molar-refractivity contribution is -0.158. The quantitative estimate of drug-likeness (QED) is 0.749. The Morgan fingerprint density at radius 2 is 2.20 bits per heavy atom. The first kappa shape index (κ1) is 12.8. The van der Waals surface area contributed by atoms with Crippen LogP contribution in [0.2, 0.25) is 0 Å². The van der Waals surface area contributed by atoms with E-state index in [1.54, 1.807) is 0 Å². The summed E-state index contributed by atoms with van der Waals surface area (Å²) in [5.41, 5.74) is -1.64. The van der Waals surface area contributed by atoms with Crippen molar-refractivity contribution >= 4 is 17.7 Å². The van der Waals surface area contributed by atoms with E-state index in [0.29, 0.717) is 0 Å². The lowest BCUT2D eigenvalue weighted by Crippen LogP contribution is -2.52. The highest BCUT2D eigenvalue weighted by molar-refractivity contribution is 8.00. The third-order valence-electron chi connectivity index (χ3n) is 2.50. The zero-order valence-corrected chi connectivity index (χ0v) is 10.3. The van der Waals surface area contributed by atoms with Crippen molar-refractivity contribution in [2.45, 2.75) is 31.1 Å². The van der Waals surface area contributed by atoms with Crippen molar-refractivity contribution in [2.75, 3.05) is 25.4 Å². The van der Waals surface area contributed by atoms with Crippen LogP contribution < -0.4 is 0 Å². The van der Waals surface area contributed by atoms with Gasteiger partial charge in [0.2, 0.25) is 0 Å². The Morgan fingerprint density at radius 3 is 2.67 bits per heavy atom. The minimum absolute atomic E-state index is 0.146. The van der Waals surface area contributed by atoms with Gasteiger partial charge in [0, 0.05) is 30.1 Å². The summed E-state index contributed by atoms with van der Waals surface area (Å²) in [7, 11) is 0. The molecule has 1 aliphatic rings. The average Bonchev–Trinajstić information content (AvgIpc) is 2.00. The zero-order chi connectivity index (χ0) is 11.7. The Morgan fingerprint density at radius 1 is 1.60 bits per heavy atom. The first-order chi connectivity index (χ1) is 6.73. The number of aliphatic carboxylic acids is 1. The standard InChI is InChI=1S/C10H19NO3S/c1-9(2)6-11(4-5-15-9)7-10(3,14)8(12)13/h14H,4-7H2,1-3H3,(H,12,13). The van der Waals surface area contributed by atoms with Crippen molar-refractivity contribution in [3.63, 3.8) is 0 Å². The Balaban J connectivity index is 2.55. The summed E-state index contributed by atoms with van der Waals surface area (Å²) in [4.78, 5) is 12.8. The molecule has 0 aromatic heterocycles. The van der Waals surface area contributed by atoms with Gasteiger partial charge in [-0.05, 0) is 20.8 Å². The van der Waals surface area contributed by atoms with Crippen molar-refractivity contribution in [1.29, 1.82) is 0 Å². The van der Waals surface area contributed by atoms with E-state index in [2.05, 4.69) is 13.8 Å². The number of carbonyl (C=O) groups is 1. The molecule has 0 amide bonds. The van der Waals surface area contributed by atoms with Crippen molar-refractivity contribution in [3.05, 3.63) is 0 Å². The Hall–Kier alpha value is -0.260. The van der Waals surface area contributed by atoms with Crippen LogP contribution >= 0.6 is 11.8 Å². The van der Waals surface area contributed by atoms with Gasteiger partial charge in [0.1, 0.15) is 0 Å². The van der Waals surface area contributed by atoms with Gasteiger partial charge in [0.15, 0.2) is 5.60 Å². The topological polar surface area (TPSA) is 60.8 Å². The number of hydrogen-bond donors (Lipinski definition) is 2. The van der Waals surface area contributed by atoms with Gasteiger partial charge >= 0.3 is 5.97 Å². The van der Waals surface area contributed by atoms with Crippen molar-refractivity contribution in [2.24, 2.45) is 0 Å². The van der Waals surface area contributed by atoms with Crippen molar-refractivity contribution in [3.8, 4) is 0 Å². The van der Waals surface area contributed by atoms with Crippen molar-refractivity contribution in [1.82, 2.24) is 4.90 Å². The molecule has 1 unspecified atom stereocenters. The molecular weight excluding hydrogens is 214 g/mol. The van der Waals surface area contributed by atoms with Gasteiger partial charge in [-0.3, -0.25) is 4.90 Å². The van der Waals surface area contributed by atoms with Gasteiger partial charge in [-0.15, -0.1) is 0 Å². The maximum absolute atomic E-state index is 10.8. The molecule has 1 saturated heterocycles. The Kier molecular flexibility index (Phi) is 3.68. The fraction of sp³-hybridized carbons (Fsp3) is 0.900. The number of nitrogens with zero attached hydrogens (tertiary/aromatic N) is 1. The summed E-state index contributed by atoms with van der Waals surface area (Å²) < 4.78 is 0.146. The molecule has 0 radical (unpaired) electrons. The summed E-state index contributed by atoms with van der Waals surface area (Å²) in [5.74, 6) is -0.165. The first-order valence-corrected chi connectivity index (χ1v) is 6.04. The maximum atomic E-state index is 10.8.